The quantitative estimate of drug-likeness (QED) is 0.806. The highest BCUT2D eigenvalue weighted by atomic mass is 16.5. The van der Waals surface area contributed by atoms with E-state index in [1.54, 1.807) is 19.6 Å². The maximum atomic E-state index is 12.7. The number of carbonyl (C=O) groups excluding carboxylic acids is 2. The van der Waals surface area contributed by atoms with E-state index in [1.807, 2.05) is 39.9 Å². The van der Waals surface area contributed by atoms with E-state index in [9.17, 15) is 9.59 Å². The van der Waals surface area contributed by atoms with Crippen molar-refractivity contribution in [2.24, 2.45) is 0 Å². The van der Waals surface area contributed by atoms with E-state index >= 15 is 0 Å². The molecule has 1 aliphatic rings. The van der Waals surface area contributed by atoms with Crippen molar-refractivity contribution >= 4 is 11.8 Å². The standard InChI is InChI=1S/C20H26N4O3/c1-15(25)22-19-13-24(20(26)4-3-10-23-11-9-21-14-23)12-18(19)16-5-7-17(27-2)8-6-16/h5-9,11,14,18-19H,3-4,10,12-13H2,1-2H3,(H,22,25)/t18-,19+/m0/s1. The molecule has 0 saturated carbocycles. The van der Waals surface area contributed by atoms with Gasteiger partial charge in [-0.05, 0) is 24.1 Å². The lowest BCUT2D eigenvalue weighted by atomic mass is 9.94. The zero-order valence-electron chi connectivity index (χ0n) is 15.8. The van der Waals surface area contributed by atoms with Crippen molar-refractivity contribution < 1.29 is 14.3 Å². The average molecular weight is 370 g/mol. The van der Waals surface area contributed by atoms with Crippen LogP contribution in [0.3, 0.4) is 0 Å². The number of hydrogen-bond acceptors (Lipinski definition) is 4. The van der Waals surface area contributed by atoms with Crippen LogP contribution in [0.2, 0.25) is 0 Å². The van der Waals surface area contributed by atoms with Gasteiger partial charge in [0.25, 0.3) is 0 Å². The SMILES string of the molecule is COc1ccc([C@@H]2CN(C(=O)CCCn3ccnc3)C[C@H]2NC(C)=O)cc1. The molecule has 1 saturated heterocycles. The number of aryl methyl sites for hydroxylation is 1. The Morgan fingerprint density at radius 1 is 1.26 bits per heavy atom. The number of hydrogen-bond donors (Lipinski definition) is 1. The van der Waals surface area contributed by atoms with Crippen molar-refractivity contribution in [1.29, 1.82) is 0 Å². The monoisotopic (exact) mass is 370 g/mol. The van der Waals surface area contributed by atoms with Gasteiger partial charge in [-0.1, -0.05) is 12.1 Å². The van der Waals surface area contributed by atoms with Gasteiger partial charge in [-0.2, -0.15) is 0 Å². The summed E-state index contributed by atoms with van der Waals surface area (Å²) >= 11 is 0. The Kier molecular flexibility index (Phi) is 6.11. The Bertz CT molecular complexity index is 758. The van der Waals surface area contributed by atoms with Gasteiger partial charge >= 0.3 is 0 Å². The van der Waals surface area contributed by atoms with E-state index < -0.39 is 0 Å². The molecule has 7 heteroatoms. The molecule has 0 unspecified atom stereocenters. The lowest BCUT2D eigenvalue weighted by Crippen LogP contribution is -2.39. The number of ether oxygens (including phenoxy) is 1. The van der Waals surface area contributed by atoms with Crippen molar-refractivity contribution in [3.8, 4) is 5.75 Å². The van der Waals surface area contributed by atoms with Crippen LogP contribution in [0, 0.1) is 0 Å². The number of methoxy groups -OCH3 is 1. The second-order valence-electron chi connectivity index (χ2n) is 6.89. The molecule has 144 valence electrons. The van der Waals surface area contributed by atoms with Crippen LogP contribution in [-0.4, -0.2) is 52.5 Å². The first-order valence-corrected chi connectivity index (χ1v) is 9.21. The molecule has 2 heterocycles. The molecule has 1 aromatic heterocycles. The van der Waals surface area contributed by atoms with E-state index in [2.05, 4.69) is 10.3 Å². The fraction of sp³-hybridized carbons (Fsp3) is 0.450. The number of amides is 2. The van der Waals surface area contributed by atoms with Gasteiger partial charge in [0, 0.05) is 51.3 Å². The van der Waals surface area contributed by atoms with Gasteiger partial charge in [0.2, 0.25) is 11.8 Å². The molecule has 0 radical (unpaired) electrons. The summed E-state index contributed by atoms with van der Waals surface area (Å²) in [5, 5.41) is 3.01. The molecule has 1 N–H and O–H groups in total. The van der Waals surface area contributed by atoms with Crippen LogP contribution in [0.1, 0.15) is 31.2 Å². The summed E-state index contributed by atoms with van der Waals surface area (Å²) in [6, 6.07) is 7.76. The van der Waals surface area contributed by atoms with Crippen LogP contribution >= 0.6 is 0 Å². The summed E-state index contributed by atoms with van der Waals surface area (Å²) in [6.45, 7) is 3.44. The lowest BCUT2D eigenvalue weighted by molar-refractivity contribution is -0.130. The van der Waals surface area contributed by atoms with Gasteiger partial charge in [0.05, 0.1) is 19.5 Å². The van der Waals surface area contributed by atoms with E-state index in [1.165, 1.54) is 6.92 Å². The molecule has 0 spiro atoms. The van der Waals surface area contributed by atoms with Crippen LogP contribution in [-0.2, 0) is 16.1 Å². The van der Waals surface area contributed by atoms with E-state index in [0.717, 1.165) is 24.3 Å². The Morgan fingerprint density at radius 3 is 2.67 bits per heavy atom. The number of imidazole rings is 1. The van der Waals surface area contributed by atoms with Crippen molar-refractivity contribution in [2.75, 3.05) is 20.2 Å². The minimum Gasteiger partial charge on any atom is -0.497 e. The smallest absolute Gasteiger partial charge is 0.222 e. The Labute approximate surface area is 159 Å². The predicted octanol–water partition coefficient (Wildman–Crippen LogP) is 1.80. The highest BCUT2D eigenvalue weighted by Gasteiger charge is 2.36. The summed E-state index contributed by atoms with van der Waals surface area (Å²) in [7, 11) is 1.63. The first-order chi connectivity index (χ1) is 13.1. The zero-order valence-corrected chi connectivity index (χ0v) is 15.8. The molecule has 27 heavy (non-hydrogen) atoms. The first kappa shape index (κ1) is 18.9. The number of benzene rings is 1. The van der Waals surface area contributed by atoms with Gasteiger partial charge in [-0.15, -0.1) is 0 Å². The maximum Gasteiger partial charge on any atom is 0.222 e. The minimum absolute atomic E-state index is 0.0755. The van der Waals surface area contributed by atoms with Crippen molar-refractivity contribution in [2.45, 2.75) is 38.3 Å². The van der Waals surface area contributed by atoms with Gasteiger partial charge in [-0.25, -0.2) is 4.98 Å². The van der Waals surface area contributed by atoms with Crippen LogP contribution in [0.25, 0.3) is 0 Å². The molecule has 2 aromatic rings. The normalized spacial score (nSPS) is 19.1. The summed E-state index contributed by atoms with van der Waals surface area (Å²) in [5.74, 6) is 0.923. The molecule has 2 amide bonds. The summed E-state index contributed by atoms with van der Waals surface area (Å²) < 4.78 is 7.19. The Balaban J connectivity index is 1.62. The fourth-order valence-corrected chi connectivity index (χ4v) is 3.59. The van der Waals surface area contributed by atoms with Gasteiger partial charge in [0.1, 0.15) is 5.75 Å². The minimum atomic E-state index is -0.0760. The zero-order chi connectivity index (χ0) is 19.2. The third-order valence-corrected chi connectivity index (χ3v) is 4.97. The second-order valence-corrected chi connectivity index (χ2v) is 6.89. The number of aromatic nitrogens is 2. The number of rotatable bonds is 7. The van der Waals surface area contributed by atoms with Crippen molar-refractivity contribution in [3.63, 3.8) is 0 Å². The number of carbonyl (C=O) groups is 2. The number of nitrogens with one attached hydrogen (secondary N) is 1. The molecule has 0 bridgehead atoms. The third kappa shape index (κ3) is 4.87. The van der Waals surface area contributed by atoms with Crippen LogP contribution in [0.5, 0.6) is 5.75 Å². The number of likely N-dealkylation sites (tertiary alicyclic amines) is 1. The summed E-state index contributed by atoms with van der Waals surface area (Å²) in [5.41, 5.74) is 1.10. The van der Waals surface area contributed by atoms with Gasteiger partial charge in [0.15, 0.2) is 0 Å². The molecule has 3 rings (SSSR count). The molecule has 1 aromatic carbocycles. The number of nitrogens with zero attached hydrogens (tertiary/aromatic N) is 3. The van der Waals surface area contributed by atoms with Crippen LogP contribution in [0.15, 0.2) is 43.0 Å². The maximum absolute atomic E-state index is 12.7. The molecular weight excluding hydrogens is 344 g/mol. The van der Waals surface area contributed by atoms with E-state index in [0.29, 0.717) is 19.5 Å². The van der Waals surface area contributed by atoms with Gasteiger partial charge in [-0.3, -0.25) is 9.59 Å². The Morgan fingerprint density at radius 2 is 2.04 bits per heavy atom. The van der Waals surface area contributed by atoms with Crippen LogP contribution < -0.4 is 10.1 Å². The third-order valence-electron chi connectivity index (χ3n) is 4.97. The average Bonchev–Trinajstić information content (AvgIpc) is 3.31. The van der Waals surface area contributed by atoms with Crippen LogP contribution in [0.4, 0.5) is 0 Å². The lowest BCUT2D eigenvalue weighted by Gasteiger charge is -2.19. The fourth-order valence-electron chi connectivity index (χ4n) is 3.59. The molecular formula is C20H26N4O3. The highest BCUT2D eigenvalue weighted by Crippen LogP contribution is 2.29. The first-order valence-electron chi connectivity index (χ1n) is 9.21. The largest absolute Gasteiger partial charge is 0.497 e. The van der Waals surface area contributed by atoms with Crippen molar-refractivity contribution in [1.82, 2.24) is 19.8 Å². The predicted molar refractivity (Wildman–Crippen MR) is 101 cm³/mol. The summed E-state index contributed by atoms with van der Waals surface area (Å²) in [4.78, 5) is 30.1. The summed E-state index contributed by atoms with van der Waals surface area (Å²) in [6.07, 6.45) is 6.64. The second kappa shape index (κ2) is 8.70. The highest BCUT2D eigenvalue weighted by molar-refractivity contribution is 5.77. The van der Waals surface area contributed by atoms with E-state index in [-0.39, 0.29) is 23.8 Å². The molecule has 1 aliphatic heterocycles. The Hall–Kier alpha value is -2.83. The van der Waals surface area contributed by atoms with E-state index in [4.69, 9.17) is 4.74 Å². The topological polar surface area (TPSA) is 76.5 Å². The molecule has 0 aliphatic carbocycles. The molecule has 1 fully saturated rings. The van der Waals surface area contributed by atoms with Crippen molar-refractivity contribution in [3.05, 3.63) is 48.5 Å². The molecule has 2 atom stereocenters. The molecule has 7 nitrogen and oxygen atoms in total. The van der Waals surface area contributed by atoms with Gasteiger partial charge < -0.3 is 19.5 Å².